The summed E-state index contributed by atoms with van der Waals surface area (Å²) in [6, 6.07) is 16.6. The molecule has 0 fully saturated rings. The zero-order valence-electron chi connectivity index (χ0n) is 11.7. The van der Waals surface area contributed by atoms with E-state index in [1.807, 2.05) is 36.4 Å². The second kappa shape index (κ2) is 7.11. The Morgan fingerprint density at radius 2 is 1.67 bits per heavy atom. The van der Waals surface area contributed by atoms with Crippen molar-refractivity contribution in [2.45, 2.75) is 13.0 Å². The number of hydrogen-bond acceptors (Lipinski definition) is 4. The molecule has 0 amide bonds. The van der Waals surface area contributed by atoms with E-state index < -0.39 is 0 Å². The summed E-state index contributed by atoms with van der Waals surface area (Å²) in [7, 11) is 1.37. The molecule has 21 heavy (non-hydrogen) atoms. The van der Waals surface area contributed by atoms with Crippen LogP contribution in [0.5, 0.6) is 5.75 Å². The lowest BCUT2D eigenvalue weighted by Crippen LogP contribution is -2.04. The van der Waals surface area contributed by atoms with Gasteiger partial charge in [-0.25, -0.2) is 0 Å². The number of carbonyl (C=O) groups is 1. The fourth-order valence-corrected chi connectivity index (χ4v) is 1.78. The van der Waals surface area contributed by atoms with E-state index in [-0.39, 0.29) is 12.4 Å². The van der Waals surface area contributed by atoms with Gasteiger partial charge in [-0.15, -0.1) is 0 Å². The molecule has 0 N–H and O–H groups in total. The molecule has 2 aromatic carbocycles. The molecular formula is C17H15NO3. The standard InChI is InChI=1S/C17H15NO3/c1-20-17(19)10-13-6-8-16(9-7-13)21-12-15-4-2-14(11-18)3-5-15/h2-9H,10,12H2,1H3. The summed E-state index contributed by atoms with van der Waals surface area (Å²) in [5, 5.41) is 8.73. The second-order valence-corrected chi connectivity index (χ2v) is 4.49. The van der Waals surface area contributed by atoms with Crippen LogP contribution in [0.15, 0.2) is 48.5 Å². The predicted octanol–water partition coefficient (Wildman–Crippen LogP) is 2.85. The van der Waals surface area contributed by atoms with Crippen LogP contribution in [0.3, 0.4) is 0 Å². The topological polar surface area (TPSA) is 59.3 Å². The molecule has 106 valence electrons. The van der Waals surface area contributed by atoms with Crippen LogP contribution in [0.1, 0.15) is 16.7 Å². The van der Waals surface area contributed by atoms with E-state index in [1.165, 1.54) is 7.11 Å². The van der Waals surface area contributed by atoms with Crippen LogP contribution >= 0.6 is 0 Å². The Labute approximate surface area is 123 Å². The van der Waals surface area contributed by atoms with Crippen molar-refractivity contribution in [3.05, 3.63) is 65.2 Å². The lowest BCUT2D eigenvalue weighted by molar-refractivity contribution is -0.139. The highest BCUT2D eigenvalue weighted by Gasteiger charge is 2.03. The molecule has 0 bridgehead atoms. The third-order valence-electron chi connectivity index (χ3n) is 2.99. The quantitative estimate of drug-likeness (QED) is 0.791. The van der Waals surface area contributed by atoms with Gasteiger partial charge in [0, 0.05) is 0 Å². The molecule has 0 heterocycles. The Hall–Kier alpha value is -2.80. The first-order valence-corrected chi connectivity index (χ1v) is 6.49. The summed E-state index contributed by atoms with van der Waals surface area (Å²) in [5.74, 6) is 0.467. The van der Waals surface area contributed by atoms with Crippen molar-refractivity contribution < 1.29 is 14.3 Å². The van der Waals surface area contributed by atoms with Gasteiger partial charge in [-0.1, -0.05) is 24.3 Å². The van der Waals surface area contributed by atoms with Crippen molar-refractivity contribution in [3.63, 3.8) is 0 Å². The van der Waals surface area contributed by atoms with Gasteiger partial charge in [0.1, 0.15) is 12.4 Å². The Morgan fingerprint density at radius 3 is 2.24 bits per heavy atom. The summed E-state index contributed by atoms with van der Waals surface area (Å²) in [6.07, 6.45) is 0.256. The van der Waals surface area contributed by atoms with Crippen molar-refractivity contribution in [1.82, 2.24) is 0 Å². The average molecular weight is 281 g/mol. The number of esters is 1. The average Bonchev–Trinajstić information content (AvgIpc) is 2.54. The zero-order chi connectivity index (χ0) is 15.1. The predicted molar refractivity (Wildman–Crippen MR) is 77.7 cm³/mol. The minimum atomic E-state index is -0.263. The third kappa shape index (κ3) is 4.36. The Bertz CT molecular complexity index is 639. The number of rotatable bonds is 5. The molecule has 0 aliphatic rings. The summed E-state index contributed by atoms with van der Waals surface area (Å²) >= 11 is 0. The molecule has 4 nitrogen and oxygen atoms in total. The Kier molecular flexibility index (Phi) is 4.94. The maximum atomic E-state index is 11.2. The van der Waals surface area contributed by atoms with Gasteiger partial charge in [0.2, 0.25) is 0 Å². The fourth-order valence-electron chi connectivity index (χ4n) is 1.78. The molecule has 2 aromatic rings. The molecule has 0 radical (unpaired) electrons. The molecule has 0 unspecified atom stereocenters. The lowest BCUT2D eigenvalue weighted by atomic mass is 10.1. The third-order valence-corrected chi connectivity index (χ3v) is 2.99. The summed E-state index contributed by atoms with van der Waals surface area (Å²) in [5.41, 5.74) is 2.51. The minimum absolute atomic E-state index is 0.256. The summed E-state index contributed by atoms with van der Waals surface area (Å²) < 4.78 is 10.3. The van der Waals surface area contributed by atoms with Gasteiger partial charge in [-0.2, -0.15) is 5.26 Å². The molecule has 0 saturated heterocycles. The van der Waals surface area contributed by atoms with Gasteiger partial charge in [0.25, 0.3) is 0 Å². The van der Waals surface area contributed by atoms with Crippen molar-refractivity contribution in [1.29, 1.82) is 5.26 Å². The van der Waals surface area contributed by atoms with Crippen LogP contribution in [0.25, 0.3) is 0 Å². The van der Waals surface area contributed by atoms with Gasteiger partial charge in [-0.05, 0) is 35.4 Å². The van der Waals surface area contributed by atoms with Crippen LogP contribution in [-0.4, -0.2) is 13.1 Å². The van der Waals surface area contributed by atoms with E-state index in [0.29, 0.717) is 12.2 Å². The number of hydrogen-bond donors (Lipinski definition) is 0. The van der Waals surface area contributed by atoms with E-state index in [4.69, 9.17) is 10.00 Å². The first-order valence-electron chi connectivity index (χ1n) is 6.49. The molecular weight excluding hydrogens is 266 g/mol. The largest absolute Gasteiger partial charge is 0.489 e. The first-order chi connectivity index (χ1) is 10.2. The number of methoxy groups -OCH3 is 1. The van der Waals surface area contributed by atoms with Gasteiger partial charge < -0.3 is 9.47 Å². The van der Waals surface area contributed by atoms with Crippen molar-refractivity contribution in [2.75, 3.05) is 7.11 Å². The Balaban J connectivity index is 1.91. The van der Waals surface area contributed by atoms with Crippen molar-refractivity contribution in [3.8, 4) is 11.8 Å². The van der Waals surface area contributed by atoms with E-state index in [0.717, 1.165) is 16.9 Å². The SMILES string of the molecule is COC(=O)Cc1ccc(OCc2ccc(C#N)cc2)cc1. The van der Waals surface area contributed by atoms with Gasteiger partial charge in [-0.3, -0.25) is 4.79 Å². The zero-order valence-corrected chi connectivity index (χ0v) is 11.7. The van der Waals surface area contributed by atoms with Crippen LogP contribution in [0, 0.1) is 11.3 Å². The van der Waals surface area contributed by atoms with Gasteiger partial charge in [0.05, 0.1) is 25.2 Å². The van der Waals surface area contributed by atoms with E-state index >= 15 is 0 Å². The van der Waals surface area contributed by atoms with Gasteiger partial charge >= 0.3 is 5.97 Å². The number of ether oxygens (including phenoxy) is 2. The number of nitrogens with zero attached hydrogens (tertiary/aromatic N) is 1. The molecule has 2 rings (SSSR count). The minimum Gasteiger partial charge on any atom is -0.489 e. The smallest absolute Gasteiger partial charge is 0.309 e. The normalized spacial score (nSPS) is 9.71. The molecule has 0 aliphatic carbocycles. The molecule has 0 spiro atoms. The highest BCUT2D eigenvalue weighted by molar-refractivity contribution is 5.72. The highest BCUT2D eigenvalue weighted by Crippen LogP contribution is 2.15. The number of nitriles is 1. The molecule has 0 atom stereocenters. The number of carbonyl (C=O) groups excluding carboxylic acids is 1. The lowest BCUT2D eigenvalue weighted by Gasteiger charge is -2.07. The van der Waals surface area contributed by atoms with Crippen molar-refractivity contribution in [2.24, 2.45) is 0 Å². The van der Waals surface area contributed by atoms with E-state index in [2.05, 4.69) is 10.8 Å². The molecule has 0 aromatic heterocycles. The van der Waals surface area contributed by atoms with E-state index in [9.17, 15) is 4.79 Å². The monoisotopic (exact) mass is 281 g/mol. The van der Waals surface area contributed by atoms with Crippen LogP contribution in [0.4, 0.5) is 0 Å². The van der Waals surface area contributed by atoms with Crippen LogP contribution < -0.4 is 4.74 Å². The molecule has 4 heteroatoms. The second-order valence-electron chi connectivity index (χ2n) is 4.49. The van der Waals surface area contributed by atoms with Crippen LogP contribution in [0.2, 0.25) is 0 Å². The summed E-state index contributed by atoms with van der Waals surface area (Å²) in [6.45, 7) is 0.433. The molecule has 0 saturated carbocycles. The van der Waals surface area contributed by atoms with Crippen molar-refractivity contribution >= 4 is 5.97 Å². The fraction of sp³-hybridized carbons (Fsp3) is 0.176. The number of benzene rings is 2. The van der Waals surface area contributed by atoms with Gasteiger partial charge in [0.15, 0.2) is 0 Å². The summed E-state index contributed by atoms with van der Waals surface area (Å²) in [4.78, 5) is 11.2. The Morgan fingerprint density at radius 1 is 1.05 bits per heavy atom. The van der Waals surface area contributed by atoms with Crippen LogP contribution in [-0.2, 0) is 22.6 Å². The van der Waals surface area contributed by atoms with E-state index in [1.54, 1.807) is 12.1 Å². The maximum Gasteiger partial charge on any atom is 0.309 e. The molecule has 0 aliphatic heterocycles. The highest BCUT2D eigenvalue weighted by atomic mass is 16.5. The maximum absolute atomic E-state index is 11.2. The first kappa shape index (κ1) is 14.6.